The van der Waals surface area contributed by atoms with Gasteiger partial charge in [0, 0.05) is 16.8 Å². The number of aromatic nitrogens is 2. The predicted octanol–water partition coefficient (Wildman–Crippen LogP) is 4.38. The third kappa shape index (κ3) is 1.53. The van der Waals surface area contributed by atoms with Gasteiger partial charge in [-0.3, -0.25) is 4.40 Å². The van der Waals surface area contributed by atoms with E-state index in [0.29, 0.717) is 0 Å². The van der Waals surface area contributed by atoms with Gasteiger partial charge < -0.3 is 0 Å². The molecule has 1 aliphatic rings. The van der Waals surface area contributed by atoms with Crippen LogP contribution in [0.5, 0.6) is 0 Å². The number of halogens is 1. The molecule has 86 valence electrons. The van der Waals surface area contributed by atoms with Crippen molar-refractivity contribution in [3.63, 3.8) is 0 Å². The summed E-state index contributed by atoms with van der Waals surface area (Å²) in [5.74, 6) is 0. The summed E-state index contributed by atoms with van der Waals surface area (Å²) in [5.41, 5.74) is 2.58. The van der Waals surface area contributed by atoms with Gasteiger partial charge in [-0.2, -0.15) is 0 Å². The highest BCUT2D eigenvalue weighted by Gasteiger charge is 2.19. The first kappa shape index (κ1) is 10.3. The Morgan fingerprint density at radius 3 is 3.00 bits per heavy atom. The van der Waals surface area contributed by atoms with Gasteiger partial charge in [0.1, 0.15) is 5.69 Å². The van der Waals surface area contributed by atoms with E-state index in [0.717, 1.165) is 14.4 Å². The fourth-order valence-corrected chi connectivity index (χ4v) is 4.91. The molecular formula is C12H9BrN2S2. The lowest BCUT2D eigenvalue weighted by Gasteiger charge is -1.90. The average Bonchev–Trinajstić information content (AvgIpc) is 2.95. The number of rotatable bonds is 1. The summed E-state index contributed by atoms with van der Waals surface area (Å²) in [6.07, 6.45) is 5.94. The SMILES string of the molecule is Brc1ccc(-c2cn3c4c(sc3n2)CCC4)s1. The van der Waals surface area contributed by atoms with E-state index < -0.39 is 0 Å². The quantitative estimate of drug-likeness (QED) is 0.649. The van der Waals surface area contributed by atoms with Gasteiger partial charge in [0.05, 0.1) is 8.66 Å². The van der Waals surface area contributed by atoms with Crippen LogP contribution in [-0.2, 0) is 12.8 Å². The summed E-state index contributed by atoms with van der Waals surface area (Å²) < 4.78 is 3.45. The van der Waals surface area contributed by atoms with E-state index in [9.17, 15) is 0 Å². The zero-order valence-electron chi connectivity index (χ0n) is 8.94. The summed E-state index contributed by atoms with van der Waals surface area (Å²) >= 11 is 7.09. The Morgan fingerprint density at radius 2 is 2.18 bits per heavy atom. The smallest absolute Gasteiger partial charge is 0.194 e. The van der Waals surface area contributed by atoms with Crippen molar-refractivity contribution in [1.29, 1.82) is 0 Å². The lowest BCUT2D eigenvalue weighted by atomic mass is 10.3. The van der Waals surface area contributed by atoms with E-state index >= 15 is 0 Å². The topological polar surface area (TPSA) is 17.3 Å². The summed E-state index contributed by atoms with van der Waals surface area (Å²) in [6, 6.07) is 4.21. The number of fused-ring (bicyclic) bond motifs is 3. The van der Waals surface area contributed by atoms with Crippen LogP contribution in [0.25, 0.3) is 15.5 Å². The molecule has 0 saturated carbocycles. The molecule has 0 spiro atoms. The average molecular weight is 325 g/mol. The van der Waals surface area contributed by atoms with Gasteiger partial charge in [0.2, 0.25) is 0 Å². The standard InChI is InChI=1S/C12H9BrN2S2/c13-11-5-4-9(16-11)7-6-15-8-2-1-3-10(8)17-12(15)14-7/h4-6H,1-3H2. The Labute approximate surface area is 115 Å². The van der Waals surface area contributed by atoms with Crippen molar-refractivity contribution in [2.45, 2.75) is 19.3 Å². The van der Waals surface area contributed by atoms with Crippen LogP contribution in [0.4, 0.5) is 0 Å². The minimum absolute atomic E-state index is 1.10. The molecule has 0 aliphatic heterocycles. The van der Waals surface area contributed by atoms with Crippen molar-refractivity contribution in [2.75, 3.05) is 0 Å². The van der Waals surface area contributed by atoms with Crippen LogP contribution in [0.1, 0.15) is 17.0 Å². The Kier molecular flexibility index (Phi) is 2.22. The largest absolute Gasteiger partial charge is 0.294 e. The molecule has 0 N–H and O–H groups in total. The van der Waals surface area contributed by atoms with E-state index in [1.807, 2.05) is 11.3 Å². The second-order valence-electron chi connectivity index (χ2n) is 4.21. The molecule has 0 amide bonds. The van der Waals surface area contributed by atoms with Crippen LogP contribution in [-0.4, -0.2) is 9.38 Å². The fourth-order valence-electron chi connectivity index (χ4n) is 2.37. The Balaban J connectivity index is 1.90. The van der Waals surface area contributed by atoms with Crippen LogP contribution < -0.4 is 0 Å². The van der Waals surface area contributed by atoms with Crippen molar-refractivity contribution in [1.82, 2.24) is 9.38 Å². The summed E-state index contributed by atoms with van der Waals surface area (Å²) in [7, 11) is 0. The molecule has 2 nitrogen and oxygen atoms in total. The van der Waals surface area contributed by atoms with Gasteiger partial charge in [-0.1, -0.05) is 0 Å². The highest BCUT2D eigenvalue weighted by atomic mass is 79.9. The van der Waals surface area contributed by atoms with Crippen molar-refractivity contribution >= 4 is 43.6 Å². The summed E-state index contributed by atoms with van der Waals surface area (Å²) in [4.78, 5) is 8.65. The first-order chi connectivity index (χ1) is 8.31. The van der Waals surface area contributed by atoms with Gasteiger partial charge in [0.15, 0.2) is 4.96 Å². The second-order valence-corrected chi connectivity index (χ2v) is 7.73. The van der Waals surface area contributed by atoms with Gasteiger partial charge in [-0.15, -0.1) is 22.7 Å². The zero-order chi connectivity index (χ0) is 11.4. The highest BCUT2D eigenvalue weighted by Crippen LogP contribution is 2.35. The van der Waals surface area contributed by atoms with Crippen LogP contribution >= 0.6 is 38.6 Å². The molecule has 1 aliphatic carbocycles. The lowest BCUT2D eigenvalue weighted by Crippen LogP contribution is -1.84. The maximum Gasteiger partial charge on any atom is 0.194 e. The molecule has 0 unspecified atom stereocenters. The van der Waals surface area contributed by atoms with Crippen LogP contribution in [0.2, 0.25) is 0 Å². The Bertz CT molecular complexity index is 707. The first-order valence-electron chi connectivity index (χ1n) is 5.56. The van der Waals surface area contributed by atoms with Gasteiger partial charge in [0.25, 0.3) is 0 Å². The number of hydrogen-bond acceptors (Lipinski definition) is 3. The molecule has 0 aromatic carbocycles. The Hall–Kier alpha value is -0.650. The fraction of sp³-hybridized carbons (Fsp3) is 0.250. The number of aryl methyl sites for hydroxylation is 2. The van der Waals surface area contributed by atoms with Gasteiger partial charge in [-0.25, -0.2) is 4.98 Å². The summed E-state index contributed by atoms with van der Waals surface area (Å²) in [5, 5.41) is 0. The third-order valence-corrected chi connectivity index (χ3v) is 5.95. The van der Waals surface area contributed by atoms with Crippen LogP contribution in [0.15, 0.2) is 22.1 Å². The molecule has 0 saturated heterocycles. The molecule has 0 bridgehead atoms. The van der Waals surface area contributed by atoms with Crippen molar-refractivity contribution in [2.24, 2.45) is 0 Å². The normalized spacial score (nSPS) is 14.6. The van der Waals surface area contributed by atoms with Crippen molar-refractivity contribution in [3.05, 3.63) is 32.7 Å². The van der Waals surface area contributed by atoms with E-state index in [-0.39, 0.29) is 0 Å². The highest BCUT2D eigenvalue weighted by molar-refractivity contribution is 9.11. The van der Waals surface area contributed by atoms with Gasteiger partial charge in [-0.05, 0) is 47.3 Å². The minimum atomic E-state index is 1.10. The molecule has 0 atom stereocenters. The molecule has 17 heavy (non-hydrogen) atoms. The minimum Gasteiger partial charge on any atom is -0.294 e. The van der Waals surface area contributed by atoms with Crippen molar-refractivity contribution < 1.29 is 0 Å². The molecule has 0 fully saturated rings. The maximum absolute atomic E-state index is 4.73. The third-order valence-electron chi connectivity index (χ3n) is 3.14. The molecular weight excluding hydrogens is 316 g/mol. The number of imidazole rings is 1. The number of nitrogens with zero attached hydrogens (tertiary/aromatic N) is 2. The Morgan fingerprint density at radius 1 is 1.24 bits per heavy atom. The molecule has 4 rings (SSSR count). The molecule has 3 heterocycles. The van der Waals surface area contributed by atoms with Crippen LogP contribution in [0.3, 0.4) is 0 Å². The van der Waals surface area contributed by atoms with E-state index in [2.05, 4.69) is 38.7 Å². The zero-order valence-corrected chi connectivity index (χ0v) is 12.2. The molecule has 3 aromatic rings. The number of hydrogen-bond donors (Lipinski definition) is 0. The van der Waals surface area contributed by atoms with E-state index in [1.165, 1.54) is 34.7 Å². The van der Waals surface area contributed by atoms with Crippen molar-refractivity contribution in [3.8, 4) is 10.6 Å². The molecule has 0 radical (unpaired) electrons. The lowest BCUT2D eigenvalue weighted by molar-refractivity contribution is 0.888. The number of thiazole rings is 1. The predicted molar refractivity (Wildman–Crippen MR) is 76.1 cm³/mol. The number of thiophene rings is 1. The first-order valence-corrected chi connectivity index (χ1v) is 7.99. The monoisotopic (exact) mass is 324 g/mol. The van der Waals surface area contributed by atoms with E-state index in [1.54, 1.807) is 11.3 Å². The van der Waals surface area contributed by atoms with E-state index in [4.69, 9.17) is 4.98 Å². The van der Waals surface area contributed by atoms with Crippen LogP contribution in [0, 0.1) is 0 Å². The maximum atomic E-state index is 4.73. The second kappa shape index (κ2) is 3.67. The molecule has 3 aromatic heterocycles. The molecule has 5 heteroatoms. The van der Waals surface area contributed by atoms with Gasteiger partial charge >= 0.3 is 0 Å². The summed E-state index contributed by atoms with van der Waals surface area (Å²) in [6.45, 7) is 0.